The van der Waals surface area contributed by atoms with Crippen LogP contribution in [-0.2, 0) is 9.59 Å². The molecular formula is C9H8Cl2O2. The molecule has 0 rings (SSSR count). The van der Waals surface area contributed by atoms with Gasteiger partial charge in [-0.1, -0.05) is 18.2 Å². The summed E-state index contributed by atoms with van der Waals surface area (Å²) in [4.78, 5) is 21.0. The molecule has 0 N–H and O–H groups in total. The first-order valence-electron chi connectivity index (χ1n) is 3.48. The first kappa shape index (κ1) is 12.1. The van der Waals surface area contributed by atoms with E-state index in [9.17, 15) is 9.59 Å². The zero-order valence-corrected chi connectivity index (χ0v) is 8.47. The smallest absolute Gasteiger partial charge is 0.252 e. The molecular weight excluding hydrogens is 211 g/mol. The molecule has 0 fully saturated rings. The van der Waals surface area contributed by atoms with Crippen LogP contribution in [0.1, 0.15) is 6.92 Å². The third kappa shape index (κ3) is 6.31. The van der Waals surface area contributed by atoms with Crippen molar-refractivity contribution >= 4 is 33.7 Å². The van der Waals surface area contributed by atoms with Crippen molar-refractivity contribution in [1.82, 2.24) is 0 Å². The van der Waals surface area contributed by atoms with Crippen LogP contribution in [0.5, 0.6) is 0 Å². The lowest BCUT2D eigenvalue weighted by Gasteiger charge is -1.89. The maximum atomic E-state index is 10.7. The van der Waals surface area contributed by atoms with Gasteiger partial charge in [-0.05, 0) is 42.3 Å². The number of hydrogen-bond acceptors (Lipinski definition) is 2. The van der Waals surface area contributed by atoms with Crippen molar-refractivity contribution in [2.24, 2.45) is 0 Å². The predicted molar refractivity (Wildman–Crippen MR) is 53.8 cm³/mol. The Kier molecular flexibility index (Phi) is 6.20. The average molecular weight is 219 g/mol. The van der Waals surface area contributed by atoms with Crippen LogP contribution in [0.15, 0.2) is 36.0 Å². The van der Waals surface area contributed by atoms with E-state index in [-0.39, 0.29) is 0 Å². The van der Waals surface area contributed by atoms with Gasteiger partial charge in [-0.3, -0.25) is 9.59 Å². The molecule has 4 heteroatoms. The maximum Gasteiger partial charge on any atom is 0.252 e. The van der Waals surface area contributed by atoms with Crippen molar-refractivity contribution in [2.45, 2.75) is 6.92 Å². The molecule has 0 aliphatic carbocycles. The summed E-state index contributed by atoms with van der Waals surface area (Å²) in [7, 11) is 0. The lowest BCUT2D eigenvalue weighted by Crippen LogP contribution is -1.88. The molecule has 70 valence electrons. The largest absolute Gasteiger partial charge is 0.276 e. The lowest BCUT2D eigenvalue weighted by atomic mass is 10.2. The number of hydrogen-bond donors (Lipinski definition) is 0. The highest BCUT2D eigenvalue weighted by atomic mass is 35.5. The van der Waals surface area contributed by atoms with E-state index in [1.165, 1.54) is 12.2 Å². The van der Waals surface area contributed by atoms with E-state index in [4.69, 9.17) is 23.2 Å². The van der Waals surface area contributed by atoms with Gasteiger partial charge in [-0.2, -0.15) is 0 Å². The van der Waals surface area contributed by atoms with Gasteiger partial charge in [-0.25, -0.2) is 0 Å². The maximum absolute atomic E-state index is 10.7. The second kappa shape index (κ2) is 6.63. The quantitative estimate of drug-likeness (QED) is 0.413. The zero-order valence-electron chi connectivity index (χ0n) is 6.96. The van der Waals surface area contributed by atoms with E-state index < -0.39 is 10.5 Å². The van der Waals surface area contributed by atoms with Crippen LogP contribution in [-0.4, -0.2) is 10.5 Å². The first-order chi connectivity index (χ1) is 6.07. The van der Waals surface area contributed by atoms with Crippen LogP contribution in [0, 0.1) is 0 Å². The number of rotatable bonds is 4. The van der Waals surface area contributed by atoms with Gasteiger partial charge in [0, 0.05) is 5.57 Å². The van der Waals surface area contributed by atoms with E-state index in [2.05, 4.69) is 0 Å². The first-order valence-corrected chi connectivity index (χ1v) is 4.24. The summed E-state index contributed by atoms with van der Waals surface area (Å²) < 4.78 is 0. The molecule has 0 bridgehead atoms. The van der Waals surface area contributed by atoms with E-state index in [1.54, 1.807) is 19.1 Å². The van der Waals surface area contributed by atoms with E-state index in [1.807, 2.05) is 0 Å². The van der Waals surface area contributed by atoms with E-state index in [0.717, 1.165) is 6.08 Å². The fourth-order valence-electron chi connectivity index (χ4n) is 0.594. The average Bonchev–Trinajstić information content (AvgIpc) is 2.02. The summed E-state index contributed by atoms with van der Waals surface area (Å²) in [5.41, 5.74) is 0.304. The molecule has 0 aliphatic rings. The van der Waals surface area contributed by atoms with Crippen molar-refractivity contribution in [3.8, 4) is 0 Å². The molecule has 0 aromatic heterocycles. The van der Waals surface area contributed by atoms with Gasteiger partial charge in [0.2, 0.25) is 5.24 Å². The van der Waals surface area contributed by atoms with Crippen LogP contribution in [0.3, 0.4) is 0 Å². The van der Waals surface area contributed by atoms with Crippen molar-refractivity contribution in [1.29, 1.82) is 0 Å². The Hall–Kier alpha value is -0.860. The Morgan fingerprint density at radius 2 is 1.77 bits per heavy atom. The summed E-state index contributed by atoms with van der Waals surface area (Å²) in [6.45, 7) is 1.75. The molecule has 0 saturated carbocycles. The normalized spacial score (nSPS) is 12.7. The van der Waals surface area contributed by atoms with Gasteiger partial charge in [0.1, 0.15) is 0 Å². The fourth-order valence-corrected chi connectivity index (χ4v) is 0.792. The van der Waals surface area contributed by atoms with Gasteiger partial charge >= 0.3 is 0 Å². The third-order valence-electron chi connectivity index (χ3n) is 1.08. The molecule has 0 aliphatic heterocycles. The minimum absolute atomic E-state index is 0.304. The summed E-state index contributed by atoms with van der Waals surface area (Å²) in [6, 6.07) is 0. The number of carbonyl (C=O) groups excluding carboxylic acids is 2. The van der Waals surface area contributed by atoms with Gasteiger partial charge in [0.25, 0.3) is 5.24 Å². The van der Waals surface area contributed by atoms with Gasteiger partial charge < -0.3 is 0 Å². The molecule has 0 atom stereocenters. The highest BCUT2D eigenvalue weighted by molar-refractivity contribution is 6.68. The molecule has 2 nitrogen and oxygen atoms in total. The summed E-state index contributed by atoms with van der Waals surface area (Å²) in [6.07, 6.45) is 7.12. The summed E-state index contributed by atoms with van der Waals surface area (Å²) >= 11 is 10.3. The molecule has 0 unspecified atom stereocenters. The predicted octanol–water partition coefficient (Wildman–Crippen LogP) is 2.58. The Labute approximate surface area is 86.5 Å². The minimum atomic E-state index is -0.599. The Morgan fingerprint density at radius 1 is 1.15 bits per heavy atom. The molecule has 0 spiro atoms. The molecule has 13 heavy (non-hydrogen) atoms. The Bertz CT molecular complexity index is 288. The third-order valence-corrected chi connectivity index (χ3v) is 1.42. The molecule has 0 heterocycles. The SMILES string of the molecule is C\C=C/C(=C\C=C\C(=O)Cl)C(=O)Cl. The van der Waals surface area contributed by atoms with E-state index in [0.29, 0.717) is 5.57 Å². The minimum Gasteiger partial charge on any atom is -0.276 e. The monoisotopic (exact) mass is 218 g/mol. The van der Waals surface area contributed by atoms with Crippen molar-refractivity contribution < 1.29 is 9.59 Å². The fraction of sp³-hybridized carbons (Fsp3) is 0.111. The standard InChI is InChI=1S/C9H8Cl2O2/c1-2-4-7(9(11)13)5-3-6-8(10)12/h2-6H,1H3/b4-2-,6-3+,7-5+. The molecule has 0 amide bonds. The summed E-state index contributed by atoms with van der Waals surface area (Å²) in [5, 5.41) is -1.18. The van der Waals surface area contributed by atoms with Crippen LogP contribution in [0.4, 0.5) is 0 Å². The van der Waals surface area contributed by atoms with Crippen molar-refractivity contribution in [2.75, 3.05) is 0 Å². The highest BCUT2D eigenvalue weighted by Gasteiger charge is 1.98. The van der Waals surface area contributed by atoms with Crippen molar-refractivity contribution in [3.05, 3.63) is 36.0 Å². The Morgan fingerprint density at radius 3 is 2.15 bits per heavy atom. The molecule has 0 saturated heterocycles. The molecule has 0 radical (unpaired) electrons. The van der Waals surface area contributed by atoms with Gasteiger partial charge in [0.05, 0.1) is 0 Å². The second-order valence-electron chi connectivity index (χ2n) is 2.06. The topological polar surface area (TPSA) is 34.1 Å². The van der Waals surface area contributed by atoms with Gasteiger partial charge in [0.15, 0.2) is 0 Å². The van der Waals surface area contributed by atoms with Crippen LogP contribution in [0.2, 0.25) is 0 Å². The lowest BCUT2D eigenvalue weighted by molar-refractivity contribution is -0.108. The second-order valence-corrected chi connectivity index (χ2v) is 2.77. The van der Waals surface area contributed by atoms with Crippen LogP contribution in [0.25, 0.3) is 0 Å². The highest BCUT2D eigenvalue weighted by Crippen LogP contribution is 2.03. The number of allylic oxidation sites excluding steroid dienone is 6. The number of carbonyl (C=O) groups is 2. The summed E-state index contributed by atoms with van der Waals surface area (Å²) in [5.74, 6) is 0. The zero-order chi connectivity index (χ0) is 10.3. The van der Waals surface area contributed by atoms with Gasteiger partial charge in [-0.15, -0.1) is 0 Å². The van der Waals surface area contributed by atoms with E-state index >= 15 is 0 Å². The van der Waals surface area contributed by atoms with Crippen molar-refractivity contribution in [3.63, 3.8) is 0 Å². The molecule has 0 aromatic rings. The number of halogens is 2. The van der Waals surface area contributed by atoms with Crippen LogP contribution < -0.4 is 0 Å². The molecule has 0 aromatic carbocycles. The van der Waals surface area contributed by atoms with Crippen LogP contribution >= 0.6 is 23.2 Å². The Balaban J connectivity index is 4.55.